The number of rotatable bonds is 4. The van der Waals surface area contributed by atoms with E-state index in [9.17, 15) is 9.18 Å². The molecule has 126 valence electrons. The molecule has 6 heteroatoms. The molecule has 1 atom stereocenters. The van der Waals surface area contributed by atoms with Crippen molar-refractivity contribution < 1.29 is 9.18 Å². The molecule has 2 aromatic rings. The first-order valence-corrected chi connectivity index (χ1v) is 8.63. The van der Waals surface area contributed by atoms with Crippen LogP contribution in [0.1, 0.15) is 35.0 Å². The number of benzene rings is 1. The molecule has 1 fully saturated rings. The molecule has 0 saturated carbocycles. The van der Waals surface area contributed by atoms with Gasteiger partial charge in [0.15, 0.2) is 0 Å². The maximum atomic E-state index is 13.5. The number of carbonyl (C=O) groups excluding carboxylic acids is 1. The van der Waals surface area contributed by atoms with Crippen molar-refractivity contribution >= 4 is 39.7 Å². The first kappa shape index (κ1) is 18.2. The number of halogens is 2. The highest BCUT2D eigenvalue weighted by Gasteiger charge is 2.28. The molecule has 0 bridgehead atoms. The third-order valence-corrected chi connectivity index (χ3v) is 5.55. The molecule has 1 unspecified atom stereocenters. The fourth-order valence-electron chi connectivity index (χ4n) is 3.12. The fourth-order valence-corrected chi connectivity index (χ4v) is 4.27. The summed E-state index contributed by atoms with van der Waals surface area (Å²) in [6.07, 6.45) is 1.95. The van der Waals surface area contributed by atoms with Gasteiger partial charge in [0.25, 0.3) is 5.91 Å². The molecular weight excluding hydrogens is 335 g/mol. The molecule has 1 amide bonds. The number of fused-ring (bicyclic) bond motifs is 1. The first-order chi connectivity index (χ1) is 10.6. The maximum Gasteiger partial charge on any atom is 0.264 e. The smallest absolute Gasteiger partial charge is 0.264 e. The summed E-state index contributed by atoms with van der Waals surface area (Å²) >= 11 is 1.48. The third kappa shape index (κ3) is 3.52. The van der Waals surface area contributed by atoms with Crippen molar-refractivity contribution in [1.29, 1.82) is 0 Å². The summed E-state index contributed by atoms with van der Waals surface area (Å²) in [6, 6.07) is 5.02. The summed E-state index contributed by atoms with van der Waals surface area (Å²) in [5.74, 6) is -0.160. The van der Waals surface area contributed by atoms with E-state index in [0.29, 0.717) is 0 Å². The molecule has 0 aliphatic carbocycles. The number of nitrogens with one attached hydrogen (secondary N) is 1. The lowest BCUT2D eigenvalue weighted by molar-refractivity contribution is 0.0696. The van der Waals surface area contributed by atoms with Gasteiger partial charge in [-0.2, -0.15) is 0 Å². The molecule has 1 saturated heterocycles. The molecule has 1 aromatic carbocycles. The number of hydrogen-bond donors (Lipinski definition) is 1. The zero-order chi connectivity index (χ0) is 15.7. The Hall–Kier alpha value is -1.17. The average Bonchev–Trinajstić information content (AvgIpc) is 3.13. The van der Waals surface area contributed by atoms with Crippen LogP contribution in [-0.4, -0.2) is 36.5 Å². The van der Waals surface area contributed by atoms with Gasteiger partial charge in [0.2, 0.25) is 0 Å². The van der Waals surface area contributed by atoms with E-state index < -0.39 is 0 Å². The SMILES string of the molecule is CCCN(C(=O)c1sc2ccc(F)cc2c1C)C1CCNC1.Cl. The first-order valence-electron chi connectivity index (χ1n) is 7.82. The van der Waals surface area contributed by atoms with Crippen LogP contribution in [0.5, 0.6) is 0 Å². The largest absolute Gasteiger partial charge is 0.334 e. The molecule has 0 radical (unpaired) electrons. The number of thiophene rings is 1. The third-order valence-electron chi connectivity index (χ3n) is 4.29. The summed E-state index contributed by atoms with van der Waals surface area (Å²) in [5.41, 5.74) is 0.900. The highest BCUT2D eigenvalue weighted by molar-refractivity contribution is 7.21. The van der Waals surface area contributed by atoms with Crippen molar-refractivity contribution in [3.63, 3.8) is 0 Å². The molecule has 1 N–H and O–H groups in total. The average molecular weight is 357 g/mol. The number of carbonyl (C=O) groups is 1. The Morgan fingerprint density at radius 1 is 1.48 bits per heavy atom. The van der Waals surface area contributed by atoms with Crippen LogP contribution in [-0.2, 0) is 0 Å². The van der Waals surface area contributed by atoms with Gasteiger partial charge in [0.1, 0.15) is 5.82 Å². The van der Waals surface area contributed by atoms with Crippen molar-refractivity contribution in [2.45, 2.75) is 32.7 Å². The van der Waals surface area contributed by atoms with Crippen LogP contribution in [0, 0.1) is 12.7 Å². The predicted molar refractivity (Wildman–Crippen MR) is 96.4 cm³/mol. The summed E-state index contributed by atoms with van der Waals surface area (Å²) in [5, 5.41) is 4.18. The van der Waals surface area contributed by atoms with Crippen LogP contribution in [0.15, 0.2) is 18.2 Å². The number of hydrogen-bond acceptors (Lipinski definition) is 3. The van der Waals surface area contributed by atoms with E-state index in [1.54, 1.807) is 6.07 Å². The van der Waals surface area contributed by atoms with E-state index in [-0.39, 0.29) is 30.2 Å². The molecule has 2 heterocycles. The van der Waals surface area contributed by atoms with Gasteiger partial charge in [0, 0.05) is 23.8 Å². The van der Waals surface area contributed by atoms with Crippen molar-refractivity contribution in [2.75, 3.05) is 19.6 Å². The molecule has 0 spiro atoms. The molecule has 3 rings (SSSR count). The Balaban J connectivity index is 0.00000192. The van der Waals surface area contributed by atoms with Crippen LogP contribution < -0.4 is 5.32 Å². The van der Waals surface area contributed by atoms with E-state index in [2.05, 4.69) is 12.2 Å². The van der Waals surface area contributed by atoms with E-state index in [1.165, 1.54) is 23.5 Å². The van der Waals surface area contributed by atoms with Gasteiger partial charge in [-0.05, 0) is 55.5 Å². The van der Waals surface area contributed by atoms with Crippen LogP contribution in [0.2, 0.25) is 0 Å². The van der Waals surface area contributed by atoms with Crippen LogP contribution >= 0.6 is 23.7 Å². The summed E-state index contributed by atoms with van der Waals surface area (Å²) < 4.78 is 14.4. The molecule has 23 heavy (non-hydrogen) atoms. The topological polar surface area (TPSA) is 32.3 Å². The van der Waals surface area contributed by atoms with Crippen LogP contribution in [0.25, 0.3) is 10.1 Å². The van der Waals surface area contributed by atoms with Gasteiger partial charge < -0.3 is 10.2 Å². The minimum absolute atomic E-state index is 0. The summed E-state index contributed by atoms with van der Waals surface area (Å²) in [4.78, 5) is 15.8. The van der Waals surface area contributed by atoms with Crippen LogP contribution in [0.4, 0.5) is 4.39 Å². The number of aryl methyl sites for hydroxylation is 1. The Kier molecular flexibility index (Phi) is 6.00. The Labute approximate surface area is 146 Å². The summed E-state index contributed by atoms with van der Waals surface area (Å²) in [7, 11) is 0. The molecule has 3 nitrogen and oxygen atoms in total. The lowest BCUT2D eigenvalue weighted by Gasteiger charge is -2.28. The molecule has 1 aromatic heterocycles. The van der Waals surface area contributed by atoms with Gasteiger partial charge in [0.05, 0.1) is 4.88 Å². The Bertz CT molecular complexity index is 697. The van der Waals surface area contributed by atoms with Gasteiger partial charge in [-0.1, -0.05) is 6.92 Å². The second-order valence-electron chi connectivity index (χ2n) is 5.84. The number of nitrogens with zero attached hydrogens (tertiary/aromatic N) is 1. The number of amides is 1. The van der Waals surface area contributed by atoms with E-state index in [0.717, 1.165) is 53.0 Å². The lowest BCUT2D eigenvalue weighted by Crippen LogP contribution is -2.42. The van der Waals surface area contributed by atoms with Gasteiger partial charge >= 0.3 is 0 Å². The van der Waals surface area contributed by atoms with Crippen molar-refractivity contribution in [2.24, 2.45) is 0 Å². The second kappa shape index (κ2) is 7.60. The fraction of sp³-hybridized carbons (Fsp3) is 0.471. The minimum atomic E-state index is -0.252. The molecular formula is C17H22ClFN2OS. The Morgan fingerprint density at radius 3 is 2.91 bits per heavy atom. The van der Waals surface area contributed by atoms with Gasteiger partial charge in [-0.3, -0.25) is 4.79 Å². The zero-order valence-electron chi connectivity index (χ0n) is 13.4. The predicted octanol–water partition coefficient (Wildman–Crippen LogP) is 3.98. The highest BCUT2D eigenvalue weighted by Crippen LogP contribution is 2.32. The minimum Gasteiger partial charge on any atom is -0.334 e. The summed E-state index contributed by atoms with van der Waals surface area (Å²) in [6.45, 7) is 6.62. The van der Waals surface area contributed by atoms with E-state index in [4.69, 9.17) is 0 Å². The molecule has 1 aliphatic rings. The second-order valence-corrected chi connectivity index (χ2v) is 6.89. The van der Waals surface area contributed by atoms with Crippen LogP contribution in [0.3, 0.4) is 0 Å². The van der Waals surface area contributed by atoms with E-state index in [1.807, 2.05) is 11.8 Å². The standard InChI is InChI=1S/C17H21FN2OS.ClH/c1-3-8-20(13-6-7-19-10-13)17(21)16-11(2)14-9-12(18)4-5-15(14)22-16;/h4-5,9,13,19H,3,6-8,10H2,1-2H3;1H. The molecule has 1 aliphatic heterocycles. The van der Waals surface area contributed by atoms with Crippen molar-refractivity contribution in [3.8, 4) is 0 Å². The highest BCUT2D eigenvalue weighted by atomic mass is 35.5. The van der Waals surface area contributed by atoms with Crippen molar-refractivity contribution in [3.05, 3.63) is 34.5 Å². The van der Waals surface area contributed by atoms with Gasteiger partial charge in [-0.25, -0.2) is 4.39 Å². The van der Waals surface area contributed by atoms with E-state index >= 15 is 0 Å². The lowest BCUT2D eigenvalue weighted by atomic mass is 10.1. The van der Waals surface area contributed by atoms with Gasteiger partial charge in [-0.15, -0.1) is 23.7 Å². The van der Waals surface area contributed by atoms with Crippen molar-refractivity contribution in [1.82, 2.24) is 10.2 Å². The normalized spacial score (nSPS) is 17.3. The Morgan fingerprint density at radius 2 is 2.26 bits per heavy atom. The monoisotopic (exact) mass is 356 g/mol. The zero-order valence-corrected chi connectivity index (χ0v) is 15.0. The quantitative estimate of drug-likeness (QED) is 0.898. The maximum absolute atomic E-state index is 13.5.